The van der Waals surface area contributed by atoms with Crippen LogP contribution in [0.25, 0.3) is 10.9 Å². The number of amides is 2. The van der Waals surface area contributed by atoms with Crippen LogP contribution in [0.15, 0.2) is 59.5 Å². The monoisotopic (exact) mass is 321 g/mol. The molecule has 5 heteroatoms. The fraction of sp³-hybridized carbons (Fsp3) is 0.158. The van der Waals surface area contributed by atoms with Crippen LogP contribution in [-0.4, -0.2) is 17.6 Å². The fourth-order valence-corrected chi connectivity index (χ4v) is 2.56. The number of nitrogens with one attached hydrogen (secondary N) is 3. The van der Waals surface area contributed by atoms with Gasteiger partial charge in [0.1, 0.15) is 5.69 Å². The first-order valence-corrected chi connectivity index (χ1v) is 7.84. The van der Waals surface area contributed by atoms with Gasteiger partial charge in [-0.2, -0.15) is 0 Å². The van der Waals surface area contributed by atoms with Crippen LogP contribution >= 0.6 is 0 Å². The summed E-state index contributed by atoms with van der Waals surface area (Å²) >= 11 is 0. The smallest absolute Gasteiger partial charge is 0.319 e. The van der Waals surface area contributed by atoms with Crippen molar-refractivity contribution >= 4 is 22.6 Å². The second kappa shape index (κ2) is 7.00. The fourth-order valence-electron chi connectivity index (χ4n) is 2.56. The maximum atomic E-state index is 12.4. The minimum absolute atomic E-state index is 0.189. The van der Waals surface area contributed by atoms with Crippen LogP contribution in [0.3, 0.4) is 0 Å². The van der Waals surface area contributed by atoms with Gasteiger partial charge in [-0.15, -0.1) is 0 Å². The first-order chi connectivity index (χ1) is 11.6. The van der Waals surface area contributed by atoms with E-state index in [-0.39, 0.29) is 17.1 Å². The average Bonchev–Trinajstić information content (AvgIpc) is 2.59. The number of H-pyrrole nitrogens is 1. The quantitative estimate of drug-likeness (QED) is 0.690. The van der Waals surface area contributed by atoms with Crippen molar-refractivity contribution in [1.82, 2.24) is 10.3 Å². The van der Waals surface area contributed by atoms with E-state index in [4.69, 9.17) is 0 Å². The molecule has 24 heavy (non-hydrogen) atoms. The van der Waals surface area contributed by atoms with Crippen molar-refractivity contribution in [3.8, 4) is 0 Å². The SMILES string of the molecule is Cc1ccc2[nH]cc(NC(=O)NCCc3ccccc3)c(=O)c2c1. The van der Waals surface area contributed by atoms with E-state index in [1.165, 1.54) is 6.20 Å². The molecule has 0 fully saturated rings. The minimum Gasteiger partial charge on any atom is -0.359 e. The maximum absolute atomic E-state index is 12.4. The third-order valence-electron chi connectivity index (χ3n) is 3.83. The number of carbonyl (C=O) groups excluding carboxylic acids is 1. The number of fused-ring (bicyclic) bond motifs is 1. The molecule has 5 nitrogen and oxygen atoms in total. The normalized spacial score (nSPS) is 10.5. The number of urea groups is 1. The van der Waals surface area contributed by atoms with E-state index in [1.54, 1.807) is 0 Å². The lowest BCUT2D eigenvalue weighted by atomic mass is 10.1. The summed E-state index contributed by atoms with van der Waals surface area (Å²) in [5, 5.41) is 5.94. The van der Waals surface area contributed by atoms with Crippen LogP contribution in [-0.2, 0) is 6.42 Å². The Morgan fingerprint density at radius 1 is 1.12 bits per heavy atom. The Bertz CT molecular complexity index is 917. The van der Waals surface area contributed by atoms with E-state index >= 15 is 0 Å². The highest BCUT2D eigenvalue weighted by Gasteiger charge is 2.08. The van der Waals surface area contributed by atoms with Crippen LogP contribution in [0, 0.1) is 6.92 Å². The molecular formula is C19H19N3O2. The van der Waals surface area contributed by atoms with Crippen molar-refractivity contribution in [2.45, 2.75) is 13.3 Å². The van der Waals surface area contributed by atoms with Crippen LogP contribution in [0.2, 0.25) is 0 Å². The summed E-state index contributed by atoms with van der Waals surface area (Å²) in [6, 6.07) is 15.1. The van der Waals surface area contributed by atoms with Gasteiger partial charge in [0, 0.05) is 23.6 Å². The third kappa shape index (κ3) is 3.63. The van der Waals surface area contributed by atoms with Gasteiger partial charge in [0.15, 0.2) is 0 Å². The van der Waals surface area contributed by atoms with Crippen molar-refractivity contribution < 1.29 is 4.79 Å². The lowest BCUT2D eigenvalue weighted by molar-refractivity contribution is 0.252. The molecule has 3 aromatic rings. The maximum Gasteiger partial charge on any atom is 0.319 e. The summed E-state index contributed by atoms with van der Waals surface area (Å²) in [6.45, 7) is 2.43. The second-order valence-corrected chi connectivity index (χ2v) is 5.70. The number of hydrogen-bond donors (Lipinski definition) is 3. The molecule has 0 spiro atoms. The largest absolute Gasteiger partial charge is 0.359 e. The Morgan fingerprint density at radius 3 is 2.71 bits per heavy atom. The molecule has 0 aliphatic rings. The number of rotatable bonds is 4. The van der Waals surface area contributed by atoms with E-state index in [2.05, 4.69) is 15.6 Å². The molecule has 0 saturated carbocycles. The molecular weight excluding hydrogens is 302 g/mol. The molecule has 1 aromatic heterocycles. The van der Waals surface area contributed by atoms with Gasteiger partial charge < -0.3 is 15.6 Å². The van der Waals surface area contributed by atoms with E-state index in [1.807, 2.05) is 55.5 Å². The number of anilines is 1. The summed E-state index contributed by atoms with van der Waals surface area (Å²) in [6.07, 6.45) is 2.26. The lowest BCUT2D eigenvalue weighted by Crippen LogP contribution is -2.32. The number of pyridine rings is 1. The van der Waals surface area contributed by atoms with E-state index in [0.29, 0.717) is 11.9 Å². The summed E-state index contributed by atoms with van der Waals surface area (Å²) in [5.74, 6) is 0. The summed E-state index contributed by atoms with van der Waals surface area (Å²) in [4.78, 5) is 27.5. The molecule has 2 amide bonds. The van der Waals surface area contributed by atoms with Crippen molar-refractivity contribution in [3.05, 3.63) is 76.1 Å². The molecule has 3 N–H and O–H groups in total. The molecule has 3 rings (SSSR count). The molecule has 122 valence electrons. The Labute approximate surface area is 139 Å². The molecule has 0 unspecified atom stereocenters. The zero-order chi connectivity index (χ0) is 16.9. The van der Waals surface area contributed by atoms with Crippen molar-refractivity contribution in [2.75, 3.05) is 11.9 Å². The Hall–Kier alpha value is -3.08. The predicted octanol–water partition coefficient (Wildman–Crippen LogP) is 3.20. The van der Waals surface area contributed by atoms with Gasteiger partial charge in [-0.1, -0.05) is 42.0 Å². The average molecular weight is 321 g/mol. The van der Waals surface area contributed by atoms with Gasteiger partial charge >= 0.3 is 6.03 Å². The van der Waals surface area contributed by atoms with Gasteiger partial charge in [-0.3, -0.25) is 4.79 Å². The molecule has 1 heterocycles. The highest BCUT2D eigenvalue weighted by Crippen LogP contribution is 2.12. The van der Waals surface area contributed by atoms with Gasteiger partial charge in [-0.25, -0.2) is 4.79 Å². The van der Waals surface area contributed by atoms with E-state index in [9.17, 15) is 9.59 Å². The van der Waals surface area contributed by atoms with Gasteiger partial charge in [0.05, 0.1) is 0 Å². The molecule has 0 bridgehead atoms. The van der Waals surface area contributed by atoms with Crippen molar-refractivity contribution in [3.63, 3.8) is 0 Å². The zero-order valence-corrected chi connectivity index (χ0v) is 13.4. The number of aromatic nitrogens is 1. The summed E-state index contributed by atoms with van der Waals surface area (Å²) < 4.78 is 0. The first-order valence-electron chi connectivity index (χ1n) is 7.84. The van der Waals surface area contributed by atoms with Gasteiger partial charge in [0.25, 0.3) is 0 Å². The van der Waals surface area contributed by atoms with Crippen LogP contribution < -0.4 is 16.1 Å². The number of benzene rings is 2. The molecule has 2 aromatic carbocycles. The molecule has 0 saturated heterocycles. The van der Waals surface area contributed by atoms with Crippen molar-refractivity contribution in [2.24, 2.45) is 0 Å². The third-order valence-corrected chi connectivity index (χ3v) is 3.83. The van der Waals surface area contributed by atoms with Crippen molar-refractivity contribution in [1.29, 1.82) is 0 Å². The Balaban J connectivity index is 1.65. The van der Waals surface area contributed by atoms with E-state index < -0.39 is 0 Å². The number of carbonyl (C=O) groups is 1. The Morgan fingerprint density at radius 2 is 1.92 bits per heavy atom. The topological polar surface area (TPSA) is 74.0 Å². The van der Waals surface area contributed by atoms with Crippen LogP contribution in [0.5, 0.6) is 0 Å². The van der Waals surface area contributed by atoms with Crippen LogP contribution in [0.4, 0.5) is 10.5 Å². The molecule has 0 aliphatic carbocycles. The Kier molecular flexibility index (Phi) is 4.61. The van der Waals surface area contributed by atoms with E-state index in [0.717, 1.165) is 23.1 Å². The lowest BCUT2D eigenvalue weighted by Gasteiger charge is -2.08. The zero-order valence-electron chi connectivity index (χ0n) is 13.4. The summed E-state index contributed by atoms with van der Waals surface area (Å²) in [5.41, 5.74) is 2.95. The molecule has 0 atom stereocenters. The molecule has 0 radical (unpaired) electrons. The van der Waals surface area contributed by atoms with Gasteiger partial charge in [-0.05, 0) is 31.0 Å². The number of aryl methyl sites for hydroxylation is 1. The minimum atomic E-state index is -0.386. The highest BCUT2D eigenvalue weighted by atomic mass is 16.2. The van der Waals surface area contributed by atoms with Gasteiger partial charge in [0.2, 0.25) is 5.43 Å². The summed E-state index contributed by atoms with van der Waals surface area (Å²) in [7, 11) is 0. The predicted molar refractivity (Wildman–Crippen MR) is 96.5 cm³/mol. The first kappa shape index (κ1) is 15.8. The second-order valence-electron chi connectivity index (χ2n) is 5.70. The standard InChI is InChI=1S/C19H19N3O2/c1-13-7-8-16-15(11-13)18(23)17(12-21-16)22-19(24)20-10-9-14-5-3-2-4-6-14/h2-8,11-12H,9-10H2,1H3,(H,21,23)(H2,20,22,24). The highest BCUT2D eigenvalue weighted by molar-refractivity contribution is 5.92. The number of hydrogen-bond acceptors (Lipinski definition) is 2. The number of aromatic amines is 1. The van der Waals surface area contributed by atoms with Crippen LogP contribution in [0.1, 0.15) is 11.1 Å². The molecule has 0 aliphatic heterocycles.